The molecule has 13 rings (SSSR count). The summed E-state index contributed by atoms with van der Waals surface area (Å²) >= 11 is 0. The van der Waals surface area contributed by atoms with Gasteiger partial charge in [-0.25, -0.2) is 16.8 Å². The monoisotopic (exact) mass is 1530 g/mol. The highest BCUT2D eigenvalue weighted by atomic mass is 32.3. The van der Waals surface area contributed by atoms with Gasteiger partial charge in [0.2, 0.25) is 20.0 Å². The van der Waals surface area contributed by atoms with Gasteiger partial charge in [0.15, 0.2) is 0 Å². The molecule has 586 valence electrons. The number of aliphatic hydroxyl groups is 3. The van der Waals surface area contributed by atoms with Crippen molar-refractivity contribution in [2.75, 3.05) is 136 Å². The molecule has 15 nitrogen and oxygen atoms in total. The predicted molar refractivity (Wildman–Crippen MR) is 463 cm³/mol. The number of hydrogen-bond donors (Lipinski definition) is 4. The summed E-state index contributed by atoms with van der Waals surface area (Å²) in [5, 5.41) is 38.9. The fourth-order valence-electron chi connectivity index (χ4n) is 16.1. The minimum absolute atomic E-state index is 0.0432. The molecule has 3 heterocycles. The lowest BCUT2D eigenvalue weighted by Crippen LogP contribution is -2.49. The Morgan fingerprint density at radius 2 is 0.703 bits per heavy atom. The topological polar surface area (TPSA) is 172 Å². The predicted octanol–water partition coefficient (Wildman–Crippen LogP) is 16.7. The largest absolute Gasteiger partial charge is 0.508 e. The molecule has 0 spiro atoms. The average Bonchev–Trinajstić information content (AvgIpc) is 1.14. The van der Waals surface area contributed by atoms with E-state index in [0.717, 1.165) is 173 Å². The SMILES string of the molecule is CC(C)N1CCN(c2ccc(/C(=C(/CCCO)c3ccccc3)c3ccc(N(S(C)(=O)=O)S(C)(=O)=O)cc3)cc2)CC1.CCN1CCN(c2ccc(/C(=C(/CCCO)c3ccccc3)c3ccc(C)cc3)cc2)CC1.OCCC/C(=C(\c1ccc(O)cc1)c1ccc(N2CCN(C3CCCC3)CC2)cc1)c1ccccc1. The third-order valence-electron chi connectivity index (χ3n) is 22.1. The first-order valence-corrected chi connectivity index (χ1v) is 43.6. The van der Waals surface area contributed by atoms with E-state index in [0.29, 0.717) is 29.0 Å². The molecule has 0 radical (unpaired) electrons. The van der Waals surface area contributed by atoms with Crippen LogP contribution >= 0.6 is 0 Å². The zero-order valence-electron chi connectivity index (χ0n) is 65.9. The highest BCUT2D eigenvalue weighted by Gasteiger charge is 2.30. The van der Waals surface area contributed by atoms with Crippen molar-refractivity contribution in [2.45, 2.75) is 104 Å². The number of nitrogens with zero attached hydrogens (tertiary/aromatic N) is 7. The van der Waals surface area contributed by atoms with Gasteiger partial charge in [0.25, 0.3) is 0 Å². The molecule has 4 aliphatic rings. The number of allylic oxidation sites excluding steroid dienone is 3. The van der Waals surface area contributed by atoms with Gasteiger partial charge in [-0.15, -0.1) is 0 Å². The van der Waals surface area contributed by atoms with Gasteiger partial charge in [-0.1, -0.05) is 201 Å². The maximum absolute atomic E-state index is 12.4. The Morgan fingerprint density at radius 1 is 0.396 bits per heavy atom. The maximum atomic E-state index is 12.4. The second kappa shape index (κ2) is 40.4. The number of aryl methyl sites for hydroxylation is 1. The van der Waals surface area contributed by atoms with Crippen LogP contribution in [-0.2, 0) is 20.0 Å². The summed E-state index contributed by atoms with van der Waals surface area (Å²) in [6, 6.07) is 81.9. The minimum atomic E-state index is -4.06. The Kier molecular flexibility index (Phi) is 30.1. The molecule has 1 aliphatic carbocycles. The molecule has 0 atom stereocenters. The summed E-state index contributed by atoms with van der Waals surface area (Å²) in [4.78, 5) is 15.1. The second-order valence-corrected chi connectivity index (χ2v) is 33.9. The van der Waals surface area contributed by atoms with E-state index in [1.165, 1.54) is 93.7 Å². The van der Waals surface area contributed by atoms with E-state index in [1.54, 1.807) is 24.3 Å². The number of likely N-dealkylation sites (N-methyl/N-ethyl adjacent to an activating group) is 1. The van der Waals surface area contributed by atoms with Crippen molar-refractivity contribution in [1.82, 2.24) is 14.7 Å². The van der Waals surface area contributed by atoms with E-state index < -0.39 is 20.0 Å². The molecule has 1 saturated carbocycles. The molecule has 9 aromatic carbocycles. The summed E-state index contributed by atoms with van der Waals surface area (Å²) in [5.41, 5.74) is 21.9. The van der Waals surface area contributed by atoms with Crippen molar-refractivity contribution in [3.63, 3.8) is 0 Å². The zero-order chi connectivity index (χ0) is 78.3. The summed E-state index contributed by atoms with van der Waals surface area (Å²) in [6.45, 7) is 23.2. The van der Waals surface area contributed by atoms with Crippen molar-refractivity contribution in [1.29, 1.82) is 0 Å². The smallest absolute Gasteiger partial charge is 0.245 e. The van der Waals surface area contributed by atoms with Gasteiger partial charge < -0.3 is 40.0 Å². The molecule has 0 bridgehead atoms. The van der Waals surface area contributed by atoms with Crippen molar-refractivity contribution in [2.24, 2.45) is 0 Å². The Balaban J connectivity index is 0.000000166. The molecular weight excluding hydrogens is 1420 g/mol. The van der Waals surface area contributed by atoms with Gasteiger partial charge in [-0.3, -0.25) is 9.80 Å². The van der Waals surface area contributed by atoms with Crippen LogP contribution in [0.4, 0.5) is 22.7 Å². The third-order valence-corrected chi connectivity index (χ3v) is 25.3. The van der Waals surface area contributed by atoms with Gasteiger partial charge >= 0.3 is 0 Å². The molecule has 9 aromatic rings. The van der Waals surface area contributed by atoms with Gasteiger partial charge in [-0.05, 0) is 223 Å². The van der Waals surface area contributed by atoms with Gasteiger partial charge in [0.1, 0.15) is 5.75 Å². The lowest BCUT2D eigenvalue weighted by molar-refractivity contribution is 0.187. The summed E-state index contributed by atoms with van der Waals surface area (Å²) in [6.07, 6.45) is 11.6. The third kappa shape index (κ3) is 22.4. The minimum Gasteiger partial charge on any atom is -0.508 e. The lowest BCUT2D eigenvalue weighted by Gasteiger charge is -2.39. The molecule has 4 fully saturated rings. The molecule has 0 unspecified atom stereocenters. The molecule has 111 heavy (non-hydrogen) atoms. The normalized spacial score (nSPS) is 16.3. The maximum Gasteiger partial charge on any atom is 0.245 e. The number of rotatable bonds is 27. The van der Waals surface area contributed by atoms with Crippen molar-refractivity contribution in [3.05, 3.63) is 292 Å². The number of phenolic OH excluding ortho intramolecular Hbond substituents is 1. The molecule has 3 aliphatic heterocycles. The average molecular weight is 1540 g/mol. The zero-order valence-corrected chi connectivity index (χ0v) is 67.6. The summed E-state index contributed by atoms with van der Waals surface area (Å²) in [5.74, 6) is 0.266. The standard InChI is InChI=1S/C32H41N3O5S2.C32H38N2O2.C30H36N2O/c1-25(2)33-20-22-34(23-21-33)29-16-12-27(13-17-29)32(31(11-8-24-36)26-9-6-5-7-10-26)28-14-18-30(19-15-28)35(41(3,37)38)42(4,39)40;35-24-6-11-31(25-7-2-1-3-8-25)32(27-14-18-30(36)19-15-27)26-12-16-29(17-13-26)34-22-20-33(21-23-34)28-9-4-5-10-28;1-3-31-19-21-32(22-20-31)28-17-15-27(16-18-28)30(26-13-11-24(2)12-14-26)29(10-7-23-33)25-8-5-4-6-9-25/h5-7,9-10,12-19,25,36H,8,11,20-24H2,1-4H3;1-3,7-8,12-19,28,35-36H,4-6,9-11,20-24H2;4-6,8-9,11-18,33H,3,7,10,19-23H2,1-2H3/b2*32-31+;30-29-. The van der Waals surface area contributed by atoms with Crippen LogP contribution < -0.4 is 18.4 Å². The number of benzene rings is 9. The van der Waals surface area contributed by atoms with E-state index in [1.807, 2.05) is 48.5 Å². The van der Waals surface area contributed by atoms with Crippen LogP contribution in [0.25, 0.3) is 33.4 Å². The fourth-order valence-corrected chi connectivity index (χ4v) is 19.1. The fraction of sp³-hybridized carbons (Fsp3) is 0.362. The Labute approximate surface area is 661 Å². The van der Waals surface area contributed by atoms with Crippen molar-refractivity contribution >= 4 is 76.2 Å². The Bertz CT molecular complexity index is 4660. The first-order chi connectivity index (χ1) is 53.8. The second-order valence-electron chi connectivity index (χ2n) is 30.0. The van der Waals surface area contributed by atoms with Crippen LogP contribution in [0.5, 0.6) is 5.75 Å². The number of sulfonamides is 2. The first kappa shape index (κ1) is 82.8. The summed E-state index contributed by atoms with van der Waals surface area (Å²) in [7, 11) is -8.12. The molecule has 0 amide bonds. The molecule has 3 saturated heterocycles. The lowest BCUT2D eigenvalue weighted by atomic mass is 9.87. The molecule has 17 heteroatoms. The van der Waals surface area contributed by atoms with Crippen LogP contribution in [0.2, 0.25) is 0 Å². The van der Waals surface area contributed by atoms with Crippen molar-refractivity contribution < 1.29 is 37.3 Å². The molecule has 4 N–H and O–H groups in total. The molecular formula is C94H115N7O8S2. The van der Waals surface area contributed by atoms with Crippen LogP contribution in [0.15, 0.2) is 237 Å². The van der Waals surface area contributed by atoms with Gasteiger partial charge in [0.05, 0.1) is 18.2 Å². The number of phenols is 1. The highest BCUT2D eigenvalue weighted by molar-refractivity contribution is 8.09. The van der Waals surface area contributed by atoms with Crippen molar-refractivity contribution in [3.8, 4) is 5.75 Å². The highest BCUT2D eigenvalue weighted by Crippen LogP contribution is 2.41. The first-order valence-electron chi connectivity index (χ1n) is 39.9. The quantitative estimate of drug-likeness (QED) is 0.0358. The van der Waals surface area contributed by atoms with E-state index in [2.05, 4.69) is 209 Å². The van der Waals surface area contributed by atoms with Gasteiger partial charge in [-0.2, -0.15) is 3.71 Å². The number of hydrogen-bond acceptors (Lipinski definition) is 14. The van der Waals surface area contributed by atoms with Crippen LogP contribution in [-0.4, -0.2) is 181 Å². The number of piperazine rings is 3. The van der Waals surface area contributed by atoms with E-state index in [-0.39, 0.29) is 31.3 Å². The van der Waals surface area contributed by atoms with E-state index in [4.69, 9.17) is 0 Å². The van der Waals surface area contributed by atoms with Crippen LogP contribution in [0.3, 0.4) is 0 Å². The van der Waals surface area contributed by atoms with E-state index >= 15 is 0 Å². The van der Waals surface area contributed by atoms with Crippen LogP contribution in [0, 0.1) is 6.92 Å². The van der Waals surface area contributed by atoms with Gasteiger partial charge in [0, 0.05) is 128 Å². The summed E-state index contributed by atoms with van der Waals surface area (Å²) < 4.78 is 49.9. The Morgan fingerprint density at radius 3 is 1.02 bits per heavy atom. The number of aliphatic hydroxyl groups excluding tert-OH is 3. The van der Waals surface area contributed by atoms with E-state index in [9.17, 15) is 37.3 Å². The number of aromatic hydroxyl groups is 1. The number of anilines is 4. The molecule has 0 aromatic heterocycles. The van der Waals surface area contributed by atoms with Crippen LogP contribution in [0.1, 0.15) is 141 Å². The Hall–Kier alpha value is -9.14.